The average Bonchev–Trinajstić information content (AvgIpc) is 2.60. The Labute approximate surface area is 112 Å². The fourth-order valence-electron chi connectivity index (χ4n) is 1.82. The highest BCUT2D eigenvalue weighted by Crippen LogP contribution is 2.19. The number of hydrogen-bond acceptors (Lipinski definition) is 3. The molecule has 2 aromatic heterocycles. The van der Waals surface area contributed by atoms with Gasteiger partial charge in [-0.1, -0.05) is 11.6 Å². The fraction of sp³-hybridized carbons (Fsp3) is 0.385. The van der Waals surface area contributed by atoms with Gasteiger partial charge in [0.25, 0.3) is 0 Å². The van der Waals surface area contributed by atoms with E-state index in [0.29, 0.717) is 11.6 Å². The van der Waals surface area contributed by atoms with Gasteiger partial charge in [-0.25, -0.2) is 4.98 Å². The first-order valence-electron chi connectivity index (χ1n) is 5.86. The molecule has 0 aromatic carbocycles. The van der Waals surface area contributed by atoms with Gasteiger partial charge in [0.2, 0.25) is 0 Å². The zero-order valence-corrected chi connectivity index (χ0v) is 11.8. The molecule has 18 heavy (non-hydrogen) atoms. The van der Waals surface area contributed by atoms with Crippen LogP contribution in [0.1, 0.15) is 22.6 Å². The van der Waals surface area contributed by atoms with Gasteiger partial charge in [0.15, 0.2) is 0 Å². The number of nitrogens with one attached hydrogen (secondary N) is 1. The van der Waals surface area contributed by atoms with Crippen LogP contribution in [0.15, 0.2) is 12.1 Å². The van der Waals surface area contributed by atoms with E-state index in [9.17, 15) is 0 Å². The molecular weight excluding hydrogens is 248 g/mol. The SMILES string of the molecule is CNc1ccc(Cl)c(Cn2nc(C)c(C)c2C)n1. The molecule has 0 atom stereocenters. The molecule has 0 fully saturated rings. The maximum Gasteiger partial charge on any atom is 0.126 e. The number of aromatic nitrogens is 3. The predicted molar refractivity (Wildman–Crippen MR) is 74.3 cm³/mol. The van der Waals surface area contributed by atoms with Crippen LogP contribution in [-0.2, 0) is 6.54 Å². The maximum atomic E-state index is 6.17. The van der Waals surface area contributed by atoms with Crippen molar-refractivity contribution in [2.75, 3.05) is 12.4 Å². The number of halogens is 1. The number of anilines is 1. The van der Waals surface area contributed by atoms with Gasteiger partial charge in [0, 0.05) is 12.7 Å². The van der Waals surface area contributed by atoms with E-state index in [2.05, 4.69) is 29.2 Å². The molecule has 4 nitrogen and oxygen atoms in total. The summed E-state index contributed by atoms with van der Waals surface area (Å²) in [6, 6.07) is 3.71. The smallest absolute Gasteiger partial charge is 0.126 e. The molecule has 0 unspecified atom stereocenters. The summed E-state index contributed by atoms with van der Waals surface area (Å²) in [6.45, 7) is 6.74. The van der Waals surface area contributed by atoms with Gasteiger partial charge in [0.05, 0.1) is 23.0 Å². The Balaban J connectivity index is 2.36. The van der Waals surface area contributed by atoms with Crippen molar-refractivity contribution in [2.45, 2.75) is 27.3 Å². The van der Waals surface area contributed by atoms with Crippen LogP contribution in [0.2, 0.25) is 5.02 Å². The van der Waals surface area contributed by atoms with E-state index in [0.717, 1.165) is 22.9 Å². The molecule has 0 bridgehead atoms. The summed E-state index contributed by atoms with van der Waals surface area (Å²) in [4.78, 5) is 4.46. The Morgan fingerprint density at radius 2 is 2.00 bits per heavy atom. The molecule has 0 saturated heterocycles. The van der Waals surface area contributed by atoms with Gasteiger partial charge in [-0.2, -0.15) is 5.10 Å². The second-order valence-corrected chi connectivity index (χ2v) is 4.74. The third kappa shape index (κ3) is 2.34. The summed E-state index contributed by atoms with van der Waals surface area (Å²) in [6.07, 6.45) is 0. The molecule has 0 aliphatic heterocycles. The van der Waals surface area contributed by atoms with Crippen molar-refractivity contribution < 1.29 is 0 Å². The van der Waals surface area contributed by atoms with Crippen molar-refractivity contribution in [3.8, 4) is 0 Å². The molecule has 2 heterocycles. The zero-order valence-electron chi connectivity index (χ0n) is 11.1. The summed E-state index contributed by atoms with van der Waals surface area (Å²) in [7, 11) is 1.84. The third-order valence-electron chi connectivity index (χ3n) is 3.22. The molecule has 2 aromatic rings. The molecule has 0 radical (unpaired) electrons. The molecule has 0 aliphatic rings. The summed E-state index contributed by atoms with van der Waals surface area (Å²) >= 11 is 6.17. The summed E-state index contributed by atoms with van der Waals surface area (Å²) < 4.78 is 1.94. The molecular formula is C13H17ClN4. The van der Waals surface area contributed by atoms with E-state index >= 15 is 0 Å². The highest BCUT2D eigenvalue weighted by Gasteiger charge is 2.10. The van der Waals surface area contributed by atoms with Crippen LogP contribution in [0.25, 0.3) is 0 Å². The van der Waals surface area contributed by atoms with Gasteiger partial charge in [-0.05, 0) is 38.5 Å². The highest BCUT2D eigenvalue weighted by atomic mass is 35.5. The fourth-order valence-corrected chi connectivity index (χ4v) is 1.98. The quantitative estimate of drug-likeness (QED) is 0.927. The molecule has 0 amide bonds. The molecule has 0 spiro atoms. The lowest BCUT2D eigenvalue weighted by atomic mass is 10.2. The van der Waals surface area contributed by atoms with Gasteiger partial charge in [-0.15, -0.1) is 0 Å². The average molecular weight is 265 g/mol. The van der Waals surface area contributed by atoms with E-state index < -0.39 is 0 Å². The second-order valence-electron chi connectivity index (χ2n) is 4.33. The number of aryl methyl sites for hydroxylation is 1. The second kappa shape index (κ2) is 4.98. The Hall–Kier alpha value is -1.55. The van der Waals surface area contributed by atoms with Crippen LogP contribution in [0.3, 0.4) is 0 Å². The topological polar surface area (TPSA) is 42.7 Å². The first kappa shape index (κ1) is 12.9. The zero-order chi connectivity index (χ0) is 13.3. The third-order valence-corrected chi connectivity index (χ3v) is 3.56. The Kier molecular flexibility index (Phi) is 3.57. The largest absolute Gasteiger partial charge is 0.373 e. The lowest BCUT2D eigenvalue weighted by Crippen LogP contribution is -2.07. The molecule has 0 aliphatic carbocycles. The molecule has 2 rings (SSSR count). The number of nitrogens with zero attached hydrogens (tertiary/aromatic N) is 3. The minimum Gasteiger partial charge on any atom is -0.373 e. The van der Waals surface area contributed by atoms with Crippen molar-refractivity contribution in [3.63, 3.8) is 0 Å². The van der Waals surface area contributed by atoms with Crippen molar-refractivity contribution in [1.82, 2.24) is 14.8 Å². The van der Waals surface area contributed by atoms with Crippen LogP contribution < -0.4 is 5.32 Å². The lowest BCUT2D eigenvalue weighted by molar-refractivity contribution is 0.647. The standard InChI is InChI=1S/C13H17ClN4/c1-8-9(2)17-18(10(8)3)7-12-11(14)5-6-13(15-4)16-12/h5-6H,7H2,1-4H3,(H,15,16). The molecule has 0 saturated carbocycles. The van der Waals surface area contributed by atoms with Gasteiger partial charge in [0.1, 0.15) is 5.82 Å². The Morgan fingerprint density at radius 3 is 2.56 bits per heavy atom. The minimum absolute atomic E-state index is 0.592. The van der Waals surface area contributed by atoms with Crippen molar-refractivity contribution >= 4 is 17.4 Å². The molecule has 96 valence electrons. The van der Waals surface area contributed by atoms with Crippen LogP contribution >= 0.6 is 11.6 Å². The van der Waals surface area contributed by atoms with E-state index in [4.69, 9.17) is 11.6 Å². The van der Waals surface area contributed by atoms with Crippen LogP contribution in [0, 0.1) is 20.8 Å². The van der Waals surface area contributed by atoms with Gasteiger partial charge >= 0.3 is 0 Å². The first-order valence-corrected chi connectivity index (χ1v) is 6.24. The highest BCUT2D eigenvalue weighted by molar-refractivity contribution is 6.31. The van der Waals surface area contributed by atoms with E-state index in [-0.39, 0.29) is 0 Å². The number of hydrogen-bond donors (Lipinski definition) is 1. The summed E-state index contributed by atoms with van der Waals surface area (Å²) in [5.74, 6) is 0.813. The van der Waals surface area contributed by atoms with Crippen molar-refractivity contribution in [2.24, 2.45) is 0 Å². The maximum absolute atomic E-state index is 6.17. The van der Waals surface area contributed by atoms with Crippen LogP contribution in [0.5, 0.6) is 0 Å². The van der Waals surface area contributed by atoms with Crippen LogP contribution in [0.4, 0.5) is 5.82 Å². The number of rotatable bonds is 3. The van der Waals surface area contributed by atoms with Crippen molar-refractivity contribution in [1.29, 1.82) is 0 Å². The normalized spacial score (nSPS) is 10.7. The van der Waals surface area contributed by atoms with Crippen molar-refractivity contribution in [3.05, 3.63) is 39.8 Å². The Bertz CT molecular complexity index is 575. The van der Waals surface area contributed by atoms with Gasteiger partial charge < -0.3 is 5.32 Å². The van der Waals surface area contributed by atoms with E-state index in [1.165, 1.54) is 5.56 Å². The molecule has 5 heteroatoms. The predicted octanol–water partition coefficient (Wildman–Crippen LogP) is 2.95. The van der Waals surface area contributed by atoms with E-state index in [1.807, 2.05) is 30.8 Å². The molecule has 1 N–H and O–H groups in total. The lowest BCUT2D eigenvalue weighted by Gasteiger charge is -2.08. The van der Waals surface area contributed by atoms with Crippen LogP contribution in [-0.4, -0.2) is 21.8 Å². The van der Waals surface area contributed by atoms with E-state index in [1.54, 1.807) is 0 Å². The van der Waals surface area contributed by atoms with Gasteiger partial charge in [-0.3, -0.25) is 4.68 Å². The Morgan fingerprint density at radius 1 is 1.28 bits per heavy atom. The summed E-state index contributed by atoms with van der Waals surface area (Å²) in [5, 5.41) is 8.18. The minimum atomic E-state index is 0.592. The summed E-state index contributed by atoms with van der Waals surface area (Å²) in [5.41, 5.74) is 4.25. The number of pyridine rings is 1. The monoisotopic (exact) mass is 264 g/mol. The first-order chi connectivity index (χ1) is 8.52.